The van der Waals surface area contributed by atoms with Crippen LogP contribution in [0.25, 0.3) is 6.08 Å². The molecule has 1 aromatic carbocycles. The van der Waals surface area contributed by atoms with Crippen LogP contribution in [0.3, 0.4) is 0 Å². The molecule has 0 aliphatic carbocycles. The minimum Gasteiger partial charge on any atom is -0.349 e. The third kappa shape index (κ3) is 5.11. The first-order valence-electron chi connectivity index (χ1n) is 7.85. The van der Waals surface area contributed by atoms with Crippen LogP contribution in [0, 0.1) is 5.82 Å². The van der Waals surface area contributed by atoms with Gasteiger partial charge in [-0.1, -0.05) is 24.6 Å². The van der Waals surface area contributed by atoms with Crippen molar-refractivity contribution in [3.63, 3.8) is 0 Å². The summed E-state index contributed by atoms with van der Waals surface area (Å²) in [4.78, 5) is 13.6. The number of nitrogens with one attached hydrogen (secondary N) is 2. The SMILES string of the molecule is CCC[NH+]1CCC(NC(=O)/C=C/c2ccc(F)c(Cl)c2)CC1. The highest BCUT2D eigenvalue weighted by atomic mass is 35.5. The van der Waals surface area contributed by atoms with E-state index in [9.17, 15) is 9.18 Å². The smallest absolute Gasteiger partial charge is 0.244 e. The Morgan fingerprint density at radius 2 is 2.18 bits per heavy atom. The van der Waals surface area contributed by atoms with Gasteiger partial charge in [-0.25, -0.2) is 4.39 Å². The van der Waals surface area contributed by atoms with Gasteiger partial charge in [0.05, 0.1) is 24.7 Å². The number of quaternary nitrogens is 1. The van der Waals surface area contributed by atoms with Gasteiger partial charge in [-0.3, -0.25) is 4.79 Å². The molecule has 22 heavy (non-hydrogen) atoms. The van der Waals surface area contributed by atoms with Crippen LogP contribution in [0.2, 0.25) is 5.02 Å². The van der Waals surface area contributed by atoms with Crippen molar-refractivity contribution in [3.05, 3.63) is 40.7 Å². The zero-order valence-corrected chi connectivity index (χ0v) is 13.6. The van der Waals surface area contributed by atoms with Crippen molar-refractivity contribution in [1.82, 2.24) is 5.32 Å². The predicted molar refractivity (Wildman–Crippen MR) is 87.5 cm³/mol. The lowest BCUT2D eigenvalue weighted by Crippen LogP contribution is -3.13. The highest BCUT2D eigenvalue weighted by molar-refractivity contribution is 6.30. The molecule has 0 unspecified atom stereocenters. The Bertz CT molecular complexity index is 539. The van der Waals surface area contributed by atoms with Crippen LogP contribution in [0.15, 0.2) is 24.3 Å². The quantitative estimate of drug-likeness (QED) is 0.798. The van der Waals surface area contributed by atoms with Crippen molar-refractivity contribution >= 4 is 23.6 Å². The normalized spacial score (nSPS) is 22.0. The molecule has 0 bridgehead atoms. The second-order valence-corrected chi connectivity index (χ2v) is 6.20. The number of carbonyl (C=O) groups excluding carboxylic acids is 1. The van der Waals surface area contributed by atoms with Crippen molar-refractivity contribution in [2.75, 3.05) is 19.6 Å². The maximum atomic E-state index is 13.1. The Hall–Kier alpha value is -1.39. The molecule has 0 aromatic heterocycles. The third-order valence-electron chi connectivity index (χ3n) is 4.01. The topological polar surface area (TPSA) is 33.5 Å². The molecule has 1 amide bonds. The molecule has 0 atom stereocenters. The summed E-state index contributed by atoms with van der Waals surface area (Å²) < 4.78 is 13.1. The summed E-state index contributed by atoms with van der Waals surface area (Å²) in [7, 11) is 0. The van der Waals surface area contributed by atoms with Crippen LogP contribution in [-0.2, 0) is 4.79 Å². The van der Waals surface area contributed by atoms with Gasteiger partial charge >= 0.3 is 0 Å². The van der Waals surface area contributed by atoms with Gasteiger partial charge in [-0.2, -0.15) is 0 Å². The minimum absolute atomic E-state index is 0.0637. The van der Waals surface area contributed by atoms with Crippen molar-refractivity contribution < 1.29 is 14.1 Å². The Balaban J connectivity index is 1.80. The summed E-state index contributed by atoms with van der Waals surface area (Å²) in [5.41, 5.74) is 0.712. The van der Waals surface area contributed by atoms with Crippen molar-refractivity contribution in [3.8, 4) is 0 Å². The molecule has 1 fully saturated rings. The molecular formula is C17H23ClFN2O+. The van der Waals surface area contributed by atoms with Crippen LogP contribution in [-0.4, -0.2) is 31.6 Å². The van der Waals surface area contributed by atoms with E-state index < -0.39 is 5.82 Å². The Morgan fingerprint density at radius 3 is 2.82 bits per heavy atom. The standard InChI is InChI=1S/C17H22ClFN2O/c1-2-9-21-10-7-14(8-11-21)20-17(22)6-4-13-3-5-16(19)15(18)12-13/h3-6,12,14H,2,7-11H2,1H3,(H,20,22)/p+1/b6-4+. The lowest BCUT2D eigenvalue weighted by atomic mass is 10.0. The Labute approximate surface area is 136 Å². The number of benzene rings is 1. The summed E-state index contributed by atoms with van der Waals surface area (Å²) in [6, 6.07) is 4.66. The largest absolute Gasteiger partial charge is 0.349 e. The number of likely N-dealkylation sites (tertiary alicyclic amines) is 1. The fourth-order valence-corrected chi connectivity index (χ4v) is 3.00. The maximum absolute atomic E-state index is 13.1. The first-order valence-corrected chi connectivity index (χ1v) is 8.23. The average molecular weight is 326 g/mol. The van der Waals surface area contributed by atoms with E-state index in [2.05, 4.69) is 12.2 Å². The second kappa shape index (κ2) is 8.30. The predicted octanol–water partition coefficient (Wildman–Crippen LogP) is 2.07. The lowest BCUT2D eigenvalue weighted by molar-refractivity contribution is -0.905. The molecule has 0 radical (unpaired) electrons. The van der Waals surface area contributed by atoms with Crippen molar-refractivity contribution in [2.45, 2.75) is 32.2 Å². The van der Waals surface area contributed by atoms with Crippen molar-refractivity contribution in [2.24, 2.45) is 0 Å². The second-order valence-electron chi connectivity index (χ2n) is 5.79. The number of rotatable bonds is 5. The van der Waals surface area contributed by atoms with E-state index >= 15 is 0 Å². The number of piperidine rings is 1. The first-order chi connectivity index (χ1) is 10.6. The summed E-state index contributed by atoms with van der Waals surface area (Å²) in [6.45, 7) is 5.66. The van der Waals surface area contributed by atoms with E-state index in [-0.39, 0.29) is 17.0 Å². The maximum Gasteiger partial charge on any atom is 0.244 e. The number of carbonyl (C=O) groups is 1. The molecule has 2 rings (SSSR count). The molecule has 0 saturated carbocycles. The first kappa shape index (κ1) is 17.0. The molecule has 0 spiro atoms. The van der Waals surface area contributed by atoms with Gasteiger partial charge in [0.1, 0.15) is 5.82 Å². The minimum atomic E-state index is -0.454. The molecule has 2 N–H and O–H groups in total. The van der Waals surface area contributed by atoms with E-state index in [1.807, 2.05) is 0 Å². The molecule has 3 nitrogen and oxygen atoms in total. The Morgan fingerprint density at radius 1 is 1.45 bits per heavy atom. The summed E-state index contributed by atoms with van der Waals surface area (Å²) >= 11 is 5.71. The monoisotopic (exact) mass is 325 g/mol. The average Bonchev–Trinajstić information content (AvgIpc) is 2.51. The fourth-order valence-electron chi connectivity index (χ4n) is 2.81. The number of hydrogen-bond acceptors (Lipinski definition) is 1. The van der Waals surface area contributed by atoms with E-state index in [0.29, 0.717) is 5.56 Å². The molecule has 1 aromatic rings. The van der Waals surface area contributed by atoms with Crippen LogP contribution >= 0.6 is 11.6 Å². The van der Waals surface area contributed by atoms with Crippen LogP contribution < -0.4 is 10.2 Å². The molecule has 1 saturated heterocycles. The van der Waals surface area contributed by atoms with Gasteiger partial charge in [-0.05, 0) is 30.2 Å². The summed E-state index contributed by atoms with van der Waals surface area (Å²) in [6.07, 6.45) is 6.39. The Kier molecular flexibility index (Phi) is 6.40. The molecule has 1 aliphatic rings. The number of halogens is 2. The highest BCUT2D eigenvalue weighted by Crippen LogP contribution is 2.16. The zero-order chi connectivity index (χ0) is 15.9. The molecule has 1 aliphatic heterocycles. The van der Waals surface area contributed by atoms with E-state index in [4.69, 9.17) is 11.6 Å². The van der Waals surface area contributed by atoms with E-state index in [1.165, 1.54) is 31.2 Å². The highest BCUT2D eigenvalue weighted by Gasteiger charge is 2.21. The zero-order valence-electron chi connectivity index (χ0n) is 12.9. The van der Waals surface area contributed by atoms with Crippen LogP contribution in [0.4, 0.5) is 4.39 Å². The van der Waals surface area contributed by atoms with Crippen LogP contribution in [0.1, 0.15) is 31.7 Å². The third-order valence-corrected chi connectivity index (χ3v) is 4.30. The molecule has 1 heterocycles. The van der Waals surface area contributed by atoms with Gasteiger partial charge in [0.2, 0.25) is 5.91 Å². The number of amides is 1. The van der Waals surface area contributed by atoms with Gasteiger partial charge < -0.3 is 10.2 Å². The van der Waals surface area contributed by atoms with E-state index in [0.717, 1.165) is 25.9 Å². The fraction of sp³-hybridized carbons (Fsp3) is 0.471. The molecule has 120 valence electrons. The van der Waals surface area contributed by atoms with E-state index in [1.54, 1.807) is 17.0 Å². The molecular weight excluding hydrogens is 303 g/mol. The van der Waals surface area contributed by atoms with Crippen molar-refractivity contribution in [1.29, 1.82) is 0 Å². The summed E-state index contributed by atoms with van der Waals surface area (Å²) in [5, 5.41) is 3.10. The van der Waals surface area contributed by atoms with Gasteiger partial charge in [0.25, 0.3) is 0 Å². The number of hydrogen-bond donors (Lipinski definition) is 2. The summed E-state index contributed by atoms with van der Waals surface area (Å²) in [5.74, 6) is -0.561. The van der Waals surface area contributed by atoms with Gasteiger partial charge in [0, 0.05) is 25.0 Å². The molecule has 5 heteroatoms. The van der Waals surface area contributed by atoms with Gasteiger partial charge in [0.15, 0.2) is 0 Å². The van der Waals surface area contributed by atoms with Crippen LogP contribution in [0.5, 0.6) is 0 Å². The lowest BCUT2D eigenvalue weighted by Gasteiger charge is -2.29. The van der Waals surface area contributed by atoms with Gasteiger partial charge in [-0.15, -0.1) is 0 Å².